The van der Waals surface area contributed by atoms with Crippen LogP contribution in [0, 0.1) is 0 Å². The summed E-state index contributed by atoms with van der Waals surface area (Å²) in [4.78, 5) is 0. The summed E-state index contributed by atoms with van der Waals surface area (Å²) >= 11 is 0. The molecule has 0 rings (SSSR count). The first kappa shape index (κ1) is 6.78. The SMILES string of the molecule is N[C@H](CO)C(F)F. The molecule has 0 aliphatic rings. The van der Waals surface area contributed by atoms with Gasteiger partial charge in [0, 0.05) is 0 Å². The first-order valence-corrected chi connectivity index (χ1v) is 1.83. The van der Waals surface area contributed by atoms with E-state index in [0.29, 0.717) is 0 Å². The summed E-state index contributed by atoms with van der Waals surface area (Å²) < 4.78 is 22.3. The Hall–Kier alpha value is -0.220. The fourth-order valence-electron chi connectivity index (χ4n) is 0.0797. The predicted octanol–water partition coefficient (Wildman–Crippen LogP) is -0.429. The van der Waals surface area contributed by atoms with Crippen LogP contribution in [0.25, 0.3) is 0 Å². The van der Waals surface area contributed by atoms with Crippen molar-refractivity contribution < 1.29 is 13.9 Å². The van der Waals surface area contributed by atoms with Crippen molar-refractivity contribution in [1.29, 1.82) is 0 Å². The molecule has 1 atom stereocenters. The summed E-state index contributed by atoms with van der Waals surface area (Å²) in [5.41, 5.74) is 4.62. The Morgan fingerprint density at radius 1 is 1.57 bits per heavy atom. The summed E-state index contributed by atoms with van der Waals surface area (Å²) in [6.45, 7) is -0.655. The molecule has 0 heterocycles. The van der Waals surface area contributed by atoms with Gasteiger partial charge in [-0.2, -0.15) is 0 Å². The van der Waals surface area contributed by atoms with Gasteiger partial charge in [0.2, 0.25) is 0 Å². The van der Waals surface area contributed by atoms with Gasteiger partial charge in [-0.3, -0.25) is 0 Å². The van der Waals surface area contributed by atoms with E-state index in [9.17, 15) is 8.78 Å². The number of nitrogens with two attached hydrogens (primary N) is 1. The van der Waals surface area contributed by atoms with Crippen molar-refractivity contribution in [3.05, 3.63) is 0 Å². The molecular weight excluding hydrogens is 104 g/mol. The average molecular weight is 111 g/mol. The monoisotopic (exact) mass is 111 g/mol. The van der Waals surface area contributed by atoms with E-state index in [2.05, 4.69) is 5.73 Å². The first-order valence-electron chi connectivity index (χ1n) is 1.83. The highest BCUT2D eigenvalue weighted by molar-refractivity contribution is 4.59. The molecule has 0 bridgehead atoms. The topological polar surface area (TPSA) is 46.2 Å². The second-order valence-electron chi connectivity index (χ2n) is 1.18. The maximum Gasteiger partial charge on any atom is 0.255 e. The van der Waals surface area contributed by atoms with Crippen molar-refractivity contribution in [3.8, 4) is 0 Å². The molecule has 3 N–H and O–H groups in total. The zero-order valence-corrected chi connectivity index (χ0v) is 3.64. The molecule has 7 heavy (non-hydrogen) atoms. The number of aliphatic hydroxyl groups excluding tert-OH is 1. The zero-order valence-electron chi connectivity index (χ0n) is 3.64. The van der Waals surface area contributed by atoms with E-state index in [1.54, 1.807) is 0 Å². The summed E-state index contributed by atoms with van der Waals surface area (Å²) in [6, 6.07) is -1.38. The van der Waals surface area contributed by atoms with Crippen molar-refractivity contribution in [2.45, 2.75) is 12.5 Å². The highest BCUT2D eigenvalue weighted by atomic mass is 19.3. The van der Waals surface area contributed by atoms with Gasteiger partial charge in [0.1, 0.15) is 0 Å². The fourth-order valence-corrected chi connectivity index (χ4v) is 0.0797. The van der Waals surface area contributed by atoms with Crippen molar-refractivity contribution in [2.24, 2.45) is 5.73 Å². The van der Waals surface area contributed by atoms with Crippen LogP contribution in [0.5, 0.6) is 0 Å². The van der Waals surface area contributed by atoms with Crippen LogP contribution in [0.1, 0.15) is 0 Å². The molecule has 0 saturated heterocycles. The standard InChI is InChI=1S/C3H7F2NO/c4-3(5)2(6)1-7/h2-3,7H,1,6H2/t2-/m1/s1. The lowest BCUT2D eigenvalue weighted by Crippen LogP contribution is -2.32. The molecular formula is C3H7F2NO. The average Bonchev–Trinajstić information content (AvgIpc) is 1.65. The van der Waals surface area contributed by atoms with Gasteiger partial charge in [-0.1, -0.05) is 0 Å². The van der Waals surface area contributed by atoms with E-state index in [4.69, 9.17) is 5.11 Å². The van der Waals surface area contributed by atoms with Gasteiger partial charge in [-0.05, 0) is 0 Å². The Bertz CT molecular complexity index is 50.2. The highest BCUT2D eigenvalue weighted by Gasteiger charge is 2.11. The van der Waals surface area contributed by atoms with E-state index in [0.717, 1.165) is 0 Å². The van der Waals surface area contributed by atoms with E-state index >= 15 is 0 Å². The smallest absolute Gasteiger partial charge is 0.255 e. The van der Waals surface area contributed by atoms with Gasteiger partial charge in [-0.25, -0.2) is 8.78 Å². The van der Waals surface area contributed by atoms with Gasteiger partial charge in [0.05, 0.1) is 12.6 Å². The van der Waals surface area contributed by atoms with Crippen LogP contribution in [0.3, 0.4) is 0 Å². The van der Waals surface area contributed by atoms with Crippen LogP contribution in [-0.4, -0.2) is 24.2 Å². The minimum atomic E-state index is -2.61. The van der Waals surface area contributed by atoms with Gasteiger partial charge >= 0.3 is 0 Å². The van der Waals surface area contributed by atoms with Crippen LogP contribution in [0.2, 0.25) is 0 Å². The lowest BCUT2D eigenvalue weighted by molar-refractivity contribution is 0.0838. The predicted molar refractivity (Wildman–Crippen MR) is 21.1 cm³/mol. The lowest BCUT2D eigenvalue weighted by atomic mass is 10.4. The highest BCUT2D eigenvalue weighted by Crippen LogP contribution is 1.94. The zero-order chi connectivity index (χ0) is 5.86. The number of halogens is 2. The Kier molecular flexibility index (Phi) is 2.78. The van der Waals surface area contributed by atoms with Gasteiger partial charge in [-0.15, -0.1) is 0 Å². The van der Waals surface area contributed by atoms with Crippen LogP contribution in [0.4, 0.5) is 8.78 Å². The number of hydrogen-bond donors (Lipinski definition) is 2. The molecule has 0 aliphatic heterocycles. The molecule has 4 heteroatoms. The van der Waals surface area contributed by atoms with E-state index < -0.39 is 19.1 Å². The molecule has 0 unspecified atom stereocenters. The minimum absolute atomic E-state index is 0.655. The number of aliphatic hydroxyl groups is 1. The van der Waals surface area contributed by atoms with Crippen molar-refractivity contribution in [2.75, 3.05) is 6.61 Å². The summed E-state index contributed by atoms with van der Waals surface area (Å²) in [6.07, 6.45) is -2.61. The molecule has 0 saturated carbocycles. The summed E-state index contributed by atoms with van der Waals surface area (Å²) in [5, 5.41) is 7.90. The van der Waals surface area contributed by atoms with Gasteiger partial charge in [0.25, 0.3) is 6.43 Å². The molecule has 0 aliphatic carbocycles. The van der Waals surface area contributed by atoms with Crippen LogP contribution in [0.15, 0.2) is 0 Å². The molecule has 2 nitrogen and oxygen atoms in total. The second kappa shape index (κ2) is 2.87. The van der Waals surface area contributed by atoms with E-state index in [1.807, 2.05) is 0 Å². The minimum Gasteiger partial charge on any atom is -0.395 e. The first-order chi connectivity index (χ1) is 3.18. The van der Waals surface area contributed by atoms with Crippen molar-refractivity contribution in [1.82, 2.24) is 0 Å². The Labute approximate surface area is 39.9 Å². The van der Waals surface area contributed by atoms with Crippen LogP contribution < -0.4 is 5.73 Å². The molecule has 0 fully saturated rings. The fraction of sp³-hybridized carbons (Fsp3) is 1.00. The molecule has 0 aromatic carbocycles. The Morgan fingerprint density at radius 3 is 2.00 bits per heavy atom. The maximum absolute atomic E-state index is 11.1. The Balaban J connectivity index is 3.14. The van der Waals surface area contributed by atoms with Crippen molar-refractivity contribution in [3.63, 3.8) is 0 Å². The normalized spacial score (nSPS) is 15.0. The number of hydrogen-bond acceptors (Lipinski definition) is 2. The van der Waals surface area contributed by atoms with Crippen LogP contribution in [-0.2, 0) is 0 Å². The number of rotatable bonds is 2. The van der Waals surface area contributed by atoms with Gasteiger partial charge in [0.15, 0.2) is 0 Å². The maximum atomic E-state index is 11.1. The molecule has 0 aromatic rings. The quantitative estimate of drug-likeness (QED) is 0.508. The molecule has 0 amide bonds. The largest absolute Gasteiger partial charge is 0.395 e. The second-order valence-corrected chi connectivity index (χ2v) is 1.18. The lowest BCUT2D eigenvalue weighted by Gasteiger charge is -2.02. The van der Waals surface area contributed by atoms with Gasteiger partial charge < -0.3 is 10.8 Å². The van der Waals surface area contributed by atoms with E-state index in [-0.39, 0.29) is 0 Å². The summed E-state index contributed by atoms with van der Waals surface area (Å²) in [7, 11) is 0. The molecule has 0 radical (unpaired) electrons. The summed E-state index contributed by atoms with van der Waals surface area (Å²) in [5.74, 6) is 0. The van der Waals surface area contributed by atoms with Crippen molar-refractivity contribution >= 4 is 0 Å². The van der Waals surface area contributed by atoms with Crippen LogP contribution >= 0.6 is 0 Å². The molecule has 0 aromatic heterocycles. The third-order valence-electron chi connectivity index (χ3n) is 0.534. The Morgan fingerprint density at radius 2 is 2.00 bits per heavy atom. The third-order valence-corrected chi connectivity index (χ3v) is 0.534. The third kappa shape index (κ3) is 2.47. The van der Waals surface area contributed by atoms with E-state index in [1.165, 1.54) is 0 Å². The molecule has 0 spiro atoms. The number of alkyl halides is 2. The molecule has 44 valence electrons.